The first-order chi connectivity index (χ1) is 11.0. The Bertz CT molecular complexity index is 735. The first-order valence-corrected chi connectivity index (χ1v) is 6.56. The van der Waals surface area contributed by atoms with Crippen molar-refractivity contribution < 1.29 is 14.5 Å². The van der Waals surface area contributed by atoms with Crippen LogP contribution in [-0.4, -0.2) is 16.9 Å². The van der Waals surface area contributed by atoms with E-state index in [0.29, 0.717) is 16.8 Å². The Hall–Kier alpha value is -3.42. The minimum absolute atomic E-state index is 0.0182. The molecule has 0 aliphatic heterocycles. The fourth-order valence-corrected chi connectivity index (χ4v) is 1.77. The van der Waals surface area contributed by atoms with Crippen LogP contribution in [0.5, 0.6) is 0 Å². The van der Waals surface area contributed by atoms with E-state index in [9.17, 15) is 14.9 Å². The van der Waals surface area contributed by atoms with Gasteiger partial charge in [-0.15, -0.1) is 0 Å². The average molecular weight is 314 g/mol. The topological polar surface area (TPSA) is 134 Å². The number of carbonyl (C=O) groups is 1. The van der Waals surface area contributed by atoms with Gasteiger partial charge in [0.2, 0.25) is 0 Å². The summed E-state index contributed by atoms with van der Waals surface area (Å²) in [5.74, 6) is -0.585. The normalized spacial score (nSPS) is 9.91. The molecule has 0 bridgehead atoms. The molecule has 0 saturated heterocycles. The van der Waals surface area contributed by atoms with Crippen LogP contribution in [0.1, 0.15) is 15.9 Å². The van der Waals surface area contributed by atoms with Crippen molar-refractivity contribution in [3.63, 3.8) is 0 Å². The third-order valence-electron chi connectivity index (χ3n) is 2.88. The summed E-state index contributed by atoms with van der Waals surface area (Å²) in [5.41, 5.74) is 12.0. The maximum absolute atomic E-state index is 11.9. The van der Waals surface area contributed by atoms with Crippen molar-refractivity contribution >= 4 is 23.3 Å². The molecular weight excluding hydrogens is 300 g/mol. The Kier molecular flexibility index (Phi) is 4.88. The van der Waals surface area contributed by atoms with Crippen LogP contribution in [0.4, 0.5) is 11.4 Å². The molecule has 8 nitrogen and oxygen atoms in total. The van der Waals surface area contributed by atoms with E-state index in [0.717, 1.165) is 0 Å². The highest BCUT2D eigenvalue weighted by Crippen LogP contribution is 2.15. The Balaban J connectivity index is 1.96. The standard InChI is InChI=1S/C15H14N4O4/c16-15(17)18-12-5-3-11(4-6-12)14(20)23-9-10-1-7-13(8-2-10)19(21)22/h1-8H,9H2,(H4,16,17,18). The Morgan fingerprint density at radius 3 is 2.22 bits per heavy atom. The summed E-state index contributed by atoms with van der Waals surface area (Å²) in [6.45, 7) is 0.0203. The van der Waals surface area contributed by atoms with Crippen LogP contribution in [0.2, 0.25) is 0 Å². The highest BCUT2D eigenvalue weighted by molar-refractivity contribution is 5.90. The van der Waals surface area contributed by atoms with E-state index in [2.05, 4.69) is 4.99 Å². The van der Waals surface area contributed by atoms with Crippen LogP contribution in [-0.2, 0) is 11.3 Å². The molecule has 0 aromatic heterocycles. The van der Waals surface area contributed by atoms with Gasteiger partial charge in [-0.05, 0) is 42.0 Å². The predicted molar refractivity (Wildman–Crippen MR) is 84.1 cm³/mol. The lowest BCUT2D eigenvalue weighted by atomic mass is 10.2. The third kappa shape index (κ3) is 4.53. The van der Waals surface area contributed by atoms with Crippen LogP contribution >= 0.6 is 0 Å². The summed E-state index contributed by atoms with van der Waals surface area (Å²) < 4.78 is 5.14. The molecule has 0 heterocycles. The molecule has 0 spiro atoms. The van der Waals surface area contributed by atoms with Crippen molar-refractivity contribution in [3.8, 4) is 0 Å². The van der Waals surface area contributed by atoms with Crippen molar-refractivity contribution in [2.75, 3.05) is 0 Å². The van der Waals surface area contributed by atoms with Gasteiger partial charge in [0.15, 0.2) is 5.96 Å². The number of nitro benzene ring substituents is 1. The smallest absolute Gasteiger partial charge is 0.338 e. The maximum atomic E-state index is 11.9. The molecule has 0 amide bonds. The zero-order chi connectivity index (χ0) is 16.8. The van der Waals surface area contributed by atoms with Crippen LogP contribution in [0.3, 0.4) is 0 Å². The van der Waals surface area contributed by atoms with Crippen LogP contribution in [0.25, 0.3) is 0 Å². The molecule has 0 aliphatic carbocycles. The van der Waals surface area contributed by atoms with Gasteiger partial charge in [-0.2, -0.15) is 0 Å². The second-order valence-electron chi connectivity index (χ2n) is 4.58. The molecule has 2 aromatic rings. The van der Waals surface area contributed by atoms with Gasteiger partial charge in [-0.3, -0.25) is 10.1 Å². The van der Waals surface area contributed by atoms with Gasteiger partial charge in [0.25, 0.3) is 5.69 Å². The molecule has 2 aromatic carbocycles. The molecule has 0 unspecified atom stereocenters. The second kappa shape index (κ2) is 7.03. The minimum Gasteiger partial charge on any atom is -0.457 e. The number of nitrogens with two attached hydrogens (primary N) is 2. The summed E-state index contributed by atoms with van der Waals surface area (Å²) >= 11 is 0. The van der Waals surface area contributed by atoms with E-state index in [1.54, 1.807) is 24.3 Å². The number of rotatable bonds is 5. The van der Waals surface area contributed by atoms with E-state index in [1.165, 1.54) is 24.3 Å². The van der Waals surface area contributed by atoms with Crippen molar-refractivity contribution in [1.29, 1.82) is 0 Å². The summed E-state index contributed by atoms with van der Waals surface area (Å²) in [7, 11) is 0. The van der Waals surface area contributed by atoms with Crippen molar-refractivity contribution in [3.05, 3.63) is 69.8 Å². The third-order valence-corrected chi connectivity index (χ3v) is 2.88. The summed E-state index contributed by atoms with van der Waals surface area (Å²) in [4.78, 5) is 25.8. The zero-order valence-electron chi connectivity index (χ0n) is 12.0. The molecule has 8 heteroatoms. The number of esters is 1. The number of nitrogens with zero attached hydrogens (tertiary/aromatic N) is 2. The fraction of sp³-hybridized carbons (Fsp3) is 0.0667. The number of hydrogen-bond acceptors (Lipinski definition) is 5. The summed E-state index contributed by atoms with van der Waals surface area (Å²) in [6.07, 6.45) is 0. The summed E-state index contributed by atoms with van der Waals surface area (Å²) in [6, 6.07) is 12.0. The lowest BCUT2D eigenvalue weighted by Crippen LogP contribution is -2.21. The highest BCUT2D eigenvalue weighted by atomic mass is 16.6. The fourth-order valence-electron chi connectivity index (χ4n) is 1.77. The molecule has 118 valence electrons. The molecule has 2 rings (SSSR count). The molecule has 23 heavy (non-hydrogen) atoms. The second-order valence-corrected chi connectivity index (χ2v) is 4.58. The number of hydrogen-bond donors (Lipinski definition) is 2. The molecular formula is C15H14N4O4. The molecule has 4 N–H and O–H groups in total. The van der Waals surface area contributed by atoms with Crippen molar-refractivity contribution in [2.24, 2.45) is 16.5 Å². The number of aliphatic imine (C=N–C) groups is 1. The van der Waals surface area contributed by atoms with E-state index in [4.69, 9.17) is 16.2 Å². The van der Waals surface area contributed by atoms with Gasteiger partial charge in [-0.25, -0.2) is 9.79 Å². The van der Waals surface area contributed by atoms with E-state index in [-0.39, 0.29) is 18.3 Å². The molecule has 0 fully saturated rings. The van der Waals surface area contributed by atoms with Crippen molar-refractivity contribution in [2.45, 2.75) is 6.61 Å². The highest BCUT2D eigenvalue weighted by Gasteiger charge is 2.09. The Morgan fingerprint density at radius 2 is 1.70 bits per heavy atom. The number of benzene rings is 2. The Morgan fingerprint density at radius 1 is 1.09 bits per heavy atom. The first-order valence-electron chi connectivity index (χ1n) is 6.56. The molecule has 0 aliphatic rings. The SMILES string of the molecule is NC(N)=Nc1ccc(C(=O)OCc2ccc([N+](=O)[O-])cc2)cc1. The van der Waals surface area contributed by atoms with E-state index in [1.807, 2.05) is 0 Å². The molecule has 0 atom stereocenters. The summed E-state index contributed by atoms with van der Waals surface area (Å²) in [5, 5.41) is 10.6. The number of non-ortho nitro benzene ring substituents is 1. The van der Waals surface area contributed by atoms with Gasteiger partial charge in [0, 0.05) is 12.1 Å². The predicted octanol–water partition coefficient (Wildman–Crippen LogP) is 1.86. The van der Waals surface area contributed by atoms with Gasteiger partial charge >= 0.3 is 5.97 Å². The monoisotopic (exact) mass is 314 g/mol. The minimum atomic E-state index is -0.514. The number of guanidine groups is 1. The number of carbonyl (C=O) groups excluding carboxylic acids is 1. The number of nitro groups is 1. The van der Waals surface area contributed by atoms with Crippen molar-refractivity contribution in [1.82, 2.24) is 0 Å². The van der Waals surface area contributed by atoms with E-state index >= 15 is 0 Å². The van der Waals surface area contributed by atoms with Crippen LogP contribution < -0.4 is 11.5 Å². The average Bonchev–Trinajstić information content (AvgIpc) is 2.53. The first kappa shape index (κ1) is 16.0. The largest absolute Gasteiger partial charge is 0.457 e. The van der Waals surface area contributed by atoms with E-state index < -0.39 is 10.9 Å². The van der Waals surface area contributed by atoms with Gasteiger partial charge in [0.05, 0.1) is 16.2 Å². The maximum Gasteiger partial charge on any atom is 0.338 e. The number of ether oxygens (including phenoxy) is 1. The zero-order valence-corrected chi connectivity index (χ0v) is 12.0. The Labute approximate surface area is 131 Å². The van der Waals surface area contributed by atoms with Crippen LogP contribution in [0, 0.1) is 10.1 Å². The lowest BCUT2D eigenvalue weighted by molar-refractivity contribution is -0.384. The lowest BCUT2D eigenvalue weighted by Gasteiger charge is -2.05. The quantitative estimate of drug-likeness (QED) is 0.284. The van der Waals surface area contributed by atoms with Gasteiger partial charge in [-0.1, -0.05) is 0 Å². The molecule has 0 radical (unpaired) electrons. The van der Waals surface area contributed by atoms with Gasteiger partial charge in [0.1, 0.15) is 6.61 Å². The van der Waals surface area contributed by atoms with Gasteiger partial charge < -0.3 is 16.2 Å². The van der Waals surface area contributed by atoms with Crippen LogP contribution in [0.15, 0.2) is 53.5 Å². The molecule has 0 saturated carbocycles.